The molecule has 0 saturated heterocycles. The zero-order chi connectivity index (χ0) is 21.0. The molecule has 0 atom stereocenters. The van der Waals surface area contributed by atoms with E-state index >= 15 is 0 Å². The average molecular weight is 397 g/mol. The van der Waals surface area contributed by atoms with Crippen molar-refractivity contribution >= 4 is 0 Å². The molecule has 0 aliphatic heterocycles. The van der Waals surface area contributed by atoms with E-state index in [1.807, 2.05) is 0 Å². The van der Waals surface area contributed by atoms with Crippen molar-refractivity contribution in [2.75, 3.05) is 0 Å². The first-order chi connectivity index (χ1) is 14.8. The molecule has 0 heterocycles. The molecule has 2 aromatic rings. The van der Waals surface area contributed by atoms with Crippen molar-refractivity contribution in [3.8, 4) is 23.7 Å². The van der Waals surface area contributed by atoms with Gasteiger partial charge in [0.1, 0.15) is 0 Å². The Hall–Kier alpha value is -2.44. The van der Waals surface area contributed by atoms with E-state index < -0.39 is 0 Å². The van der Waals surface area contributed by atoms with Gasteiger partial charge in [-0.25, -0.2) is 0 Å². The van der Waals surface area contributed by atoms with Crippen molar-refractivity contribution in [3.05, 3.63) is 70.8 Å². The van der Waals surface area contributed by atoms with E-state index in [2.05, 4.69) is 86.1 Å². The predicted molar refractivity (Wildman–Crippen MR) is 129 cm³/mol. The van der Waals surface area contributed by atoms with Gasteiger partial charge in [-0.1, -0.05) is 62.8 Å². The van der Waals surface area contributed by atoms with Gasteiger partial charge >= 0.3 is 0 Å². The third-order valence-corrected chi connectivity index (χ3v) is 6.36. The minimum Gasteiger partial charge on any atom is -0.103 e. The zero-order valence-corrected chi connectivity index (χ0v) is 18.8. The highest BCUT2D eigenvalue weighted by atomic mass is 14.3. The Morgan fingerprint density at radius 2 is 1.37 bits per heavy atom. The van der Waals surface area contributed by atoms with Gasteiger partial charge in [-0.3, -0.25) is 0 Å². The molecule has 0 amide bonds. The smallest absolute Gasteiger partial charge is 0.0249 e. The Bertz CT molecular complexity index is 870. The van der Waals surface area contributed by atoms with Crippen molar-refractivity contribution < 1.29 is 0 Å². The van der Waals surface area contributed by atoms with Gasteiger partial charge < -0.3 is 0 Å². The lowest BCUT2D eigenvalue weighted by Gasteiger charge is -2.27. The number of unbranched alkanes of at least 4 members (excludes halogenated alkanes) is 3. The number of hydrogen-bond donors (Lipinski definition) is 0. The summed E-state index contributed by atoms with van der Waals surface area (Å²) in [5.41, 5.74) is 5.03. The molecule has 156 valence electrons. The molecule has 3 rings (SSSR count). The highest BCUT2D eigenvalue weighted by molar-refractivity contribution is 5.44. The lowest BCUT2D eigenvalue weighted by Crippen LogP contribution is -2.12. The molecule has 0 aromatic heterocycles. The molecule has 1 aliphatic rings. The minimum atomic E-state index is 0.711. The first-order valence-corrected chi connectivity index (χ1v) is 11.9. The lowest BCUT2D eigenvalue weighted by atomic mass is 9.77. The molecular formula is C30H36. The first-order valence-electron chi connectivity index (χ1n) is 11.9. The average Bonchev–Trinajstić information content (AvgIpc) is 2.81. The normalized spacial score (nSPS) is 18.1. The fraction of sp³-hybridized carbons (Fsp3) is 0.467. The molecule has 30 heavy (non-hydrogen) atoms. The summed E-state index contributed by atoms with van der Waals surface area (Å²) < 4.78 is 0. The summed E-state index contributed by atoms with van der Waals surface area (Å²) in [6.45, 7) is 4.43. The fourth-order valence-electron chi connectivity index (χ4n) is 4.27. The Kier molecular flexibility index (Phi) is 9.12. The van der Waals surface area contributed by atoms with Crippen LogP contribution >= 0.6 is 0 Å². The van der Waals surface area contributed by atoms with Crippen LogP contribution in [0.5, 0.6) is 0 Å². The van der Waals surface area contributed by atoms with Gasteiger partial charge in [-0.15, -0.1) is 11.8 Å². The molecule has 0 bridgehead atoms. The van der Waals surface area contributed by atoms with Crippen molar-refractivity contribution in [1.29, 1.82) is 0 Å². The second-order valence-corrected chi connectivity index (χ2v) is 8.65. The van der Waals surface area contributed by atoms with Gasteiger partial charge in [-0.2, -0.15) is 0 Å². The Morgan fingerprint density at radius 3 is 1.97 bits per heavy atom. The highest BCUT2D eigenvalue weighted by Crippen LogP contribution is 2.36. The predicted octanol–water partition coefficient (Wildman–Crippen LogP) is 7.90. The first kappa shape index (κ1) is 22.2. The Balaban J connectivity index is 1.46. The van der Waals surface area contributed by atoms with Crippen LogP contribution < -0.4 is 0 Å². The van der Waals surface area contributed by atoms with Gasteiger partial charge in [0.2, 0.25) is 0 Å². The van der Waals surface area contributed by atoms with Crippen LogP contribution in [0.3, 0.4) is 0 Å². The van der Waals surface area contributed by atoms with E-state index in [0.717, 1.165) is 36.3 Å². The van der Waals surface area contributed by atoms with E-state index in [0.29, 0.717) is 5.92 Å². The summed E-state index contributed by atoms with van der Waals surface area (Å²) in [5, 5.41) is 0. The van der Waals surface area contributed by atoms with Crippen molar-refractivity contribution in [2.45, 2.75) is 84.0 Å². The number of aryl methyl sites for hydroxylation is 1. The third-order valence-electron chi connectivity index (χ3n) is 6.36. The van der Waals surface area contributed by atoms with E-state index in [9.17, 15) is 0 Å². The molecule has 0 nitrogen and oxygen atoms in total. The molecule has 2 aromatic carbocycles. The quantitative estimate of drug-likeness (QED) is 0.344. The van der Waals surface area contributed by atoms with Gasteiger partial charge in [-0.05, 0) is 85.8 Å². The van der Waals surface area contributed by atoms with Crippen LogP contribution in [-0.4, -0.2) is 0 Å². The maximum absolute atomic E-state index is 3.44. The van der Waals surface area contributed by atoms with E-state index in [1.54, 1.807) is 0 Å². The Morgan fingerprint density at radius 1 is 0.733 bits per heavy atom. The third kappa shape index (κ3) is 7.11. The second-order valence-electron chi connectivity index (χ2n) is 8.65. The molecule has 1 fully saturated rings. The maximum atomic E-state index is 3.44. The zero-order valence-electron chi connectivity index (χ0n) is 18.8. The fourth-order valence-corrected chi connectivity index (χ4v) is 4.27. The maximum Gasteiger partial charge on any atom is 0.0249 e. The number of rotatable bonds is 6. The van der Waals surface area contributed by atoms with Crippen LogP contribution in [-0.2, 0) is 6.42 Å². The van der Waals surface area contributed by atoms with E-state index in [1.165, 1.54) is 56.1 Å². The lowest BCUT2D eigenvalue weighted by molar-refractivity contribution is 0.331. The molecule has 0 spiro atoms. The Labute approximate surface area is 184 Å². The van der Waals surface area contributed by atoms with Crippen LogP contribution in [0.1, 0.15) is 99.8 Å². The standard InChI is InChI=1S/C30H36/c1-3-5-6-7-8-9-10-26-17-21-29(22-18-26)30-23-19-28(20-24-30)16-15-27-13-11-25(4-2)12-14-27/h11-14,19-20,23-24,26,29H,3-7,10,17-18,21-22H2,1-2H3. The van der Waals surface area contributed by atoms with Gasteiger partial charge in [0.05, 0.1) is 0 Å². The van der Waals surface area contributed by atoms with Gasteiger partial charge in [0.25, 0.3) is 0 Å². The monoisotopic (exact) mass is 396 g/mol. The number of benzene rings is 2. The van der Waals surface area contributed by atoms with E-state index in [-0.39, 0.29) is 0 Å². The summed E-state index contributed by atoms with van der Waals surface area (Å²) in [6.07, 6.45) is 12.4. The molecule has 1 aliphatic carbocycles. The summed E-state index contributed by atoms with van der Waals surface area (Å²) in [7, 11) is 0. The van der Waals surface area contributed by atoms with Crippen molar-refractivity contribution in [1.82, 2.24) is 0 Å². The number of hydrogen-bond acceptors (Lipinski definition) is 0. The summed E-state index contributed by atoms with van der Waals surface area (Å²) in [6, 6.07) is 17.5. The molecule has 0 heteroatoms. The second kappa shape index (κ2) is 12.3. The SMILES string of the molecule is CCCCCC#CCC1CCC(c2ccc(C#Cc3ccc(CC)cc3)cc2)CC1. The molecule has 0 N–H and O–H groups in total. The summed E-state index contributed by atoms with van der Waals surface area (Å²) in [4.78, 5) is 0. The molecule has 0 radical (unpaired) electrons. The summed E-state index contributed by atoms with van der Waals surface area (Å²) in [5.74, 6) is 14.9. The summed E-state index contributed by atoms with van der Waals surface area (Å²) >= 11 is 0. The topological polar surface area (TPSA) is 0 Å². The molecule has 1 saturated carbocycles. The molecular weight excluding hydrogens is 360 g/mol. The van der Waals surface area contributed by atoms with Crippen LogP contribution in [0.25, 0.3) is 0 Å². The van der Waals surface area contributed by atoms with Crippen molar-refractivity contribution in [2.24, 2.45) is 5.92 Å². The van der Waals surface area contributed by atoms with Crippen LogP contribution in [0.15, 0.2) is 48.5 Å². The van der Waals surface area contributed by atoms with E-state index in [4.69, 9.17) is 0 Å². The van der Waals surface area contributed by atoms with Gasteiger partial charge in [0, 0.05) is 24.0 Å². The van der Waals surface area contributed by atoms with Crippen LogP contribution in [0.2, 0.25) is 0 Å². The largest absolute Gasteiger partial charge is 0.103 e. The molecule has 0 unspecified atom stereocenters. The highest BCUT2D eigenvalue weighted by Gasteiger charge is 2.21. The minimum absolute atomic E-state index is 0.711. The van der Waals surface area contributed by atoms with Crippen LogP contribution in [0.4, 0.5) is 0 Å². The van der Waals surface area contributed by atoms with Crippen LogP contribution in [0, 0.1) is 29.6 Å². The van der Waals surface area contributed by atoms with Crippen molar-refractivity contribution in [3.63, 3.8) is 0 Å². The van der Waals surface area contributed by atoms with Gasteiger partial charge in [0.15, 0.2) is 0 Å².